The normalized spacial score (nSPS) is 13.8. The van der Waals surface area contributed by atoms with Crippen LogP contribution >= 0.6 is 0 Å². The lowest BCUT2D eigenvalue weighted by Crippen LogP contribution is -1.97. The van der Waals surface area contributed by atoms with Gasteiger partial charge in [0.25, 0.3) is 0 Å². The Bertz CT molecular complexity index is 362. The maximum absolute atomic E-state index is 10.1. The molecule has 0 radical (unpaired) electrons. The monoisotopic (exact) mass is 230 g/mol. The summed E-state index contributed by atoms with van der Waals surface area (Å²) in [7, 11) is 0. The Balaban J connectivity index is 2.78. The van der Waals surface area contributed by atoms with Gasteiger partial charge in [-0.15, -0.1) is 6.58 Å². The van der Waals surface area contributed by atoms with Gasteiger partial charge in [-0.25, -0.2) is 0 Å². The van der Waals surface area contributed by atoms with Crippen molar-refractivity contribution in [2.45, 2.75) is 32.8 Å². The Morgan fingerprint density at radius 3 is 2.47 bits per heavy atom. The molecule has 0 amide bonds. The summed E-state index contributed by atoms with van der Waals surface area (Å²) in [6.45, 7) is 8.14. The summed E-state index contributed by atoms with van der Waals surface area (Å²) < 4.78 is 0. The van der Waals surface area contributed by atoms with Gasteiger partial charge < -0.3 is 5.11 Å². The van der Waals surface area contributed by atoms with Crippen LogP contribution in [0.1, 0.15) is 38.4 Å². The molecule has 0 aliphatic heterocycles. The van der Waals surface area contributed by atoms with Crippen molar-refractivity contribution in [3.8, 4) is 0 Å². The van der Waals surface area contributed by atoms with Crippen LogP contribution in [0.15, 0.2) is 54.6 Å². The van der Waals surface area contributed by atoms with E-state index in [1.807, 2.05) is 42.5 Å². The maximum atomic E-state index is 10.1. The van der Waals surface area contributed by atoms with E-state index in [9.17, 15) is 5.11 Å². The number of aliphatic hydroxyl groups excluding tert-OH is 1. The standard InChI is InChI=1S/C16H22O/c1-4-8-14(11-13(2)3)12-16(17)15-9-6-5-7-10-15/h4-7,9-10,12-13,16-17H,1,8,11H2,2-3H3/b14-12+. The van der Waals surface area contributed by atoms with Crippen molar-refractivity contribution in [2.24, 2.45) is 5.92 Å². The molecule has 0 spiro atoms. The Kier molecular flexibility index (Phi) is 5.71. The molecule has 0 aromatic heterocycles. The third kappa shape index (κ3) is 5.01. The Hall–Kier alpha value is -1.34. The van der Waals surface area contributed by atoms with Gasteiger partial charge in [0.2, 0.25) is 0 Å². The van der Waals surface area contributed by atoms with E-state index in [4.69, 9.17) is 0 Å². The predicted molar refractivity (Wildman–Crippen MR) is 73.8 cm³/mol. The quantitative estimate of drug-likeness (QED) is 0.724. The minimum absolute atomic E-state index is 0.509. The first-order valence-corrected chi connectivity index (χ1v) is 6.17. The summed E-state index contributed by atoms with van der Waals surface area (Å²) in [6.07, 6.45) is 5.20. The highest BCUT2D eigenvalue weighted by atomic mass is 16.3. The van der Waals surface area contributed by atoms with Crippen LogP contribution < -0.4 is 0 Å². The molecule has 0 heterocycles. The van der Waals surface area contributed by atoms with Crippen molar-refractivity contribution in [3.05, 3.63) is 60.2 Å². The molecule has 1 nitrogen and oxygen atoms in total. The van der Waals surface area contributed by atoms with Gasteiger partial charge in [0.15, 0.2) is 0 Å². The van der Waals surface area contributed by atoms with Gasteiger partial charge in [-0.2, -0.15) is 0 Å². The van der Waals surface area contributed by atoms with Crippen LogP contribution in [-0.2, 0) is 0 Å². The fourth-order valence-electron chi connectivity index (χ4n) is 1.90. The number of hydrogen-bond donors (Lipinski definition) is 1. The van der Waals surface area contributed by atoms with Crippen LogP contribution in [0.3, 0.4) is 0 Å². The first-order chi connectivity index (χ1) is 8.13. The van der Waals surface area contributed by atoms with E-state index in [0.717, 1.165) is 18.4 Å². The summed E-state index contributed by atoms with van der Waals surface area (Å²) in [5, 5.41) is 10.1. The zero-order valence-electron chi connectivity index (χ0n) is 10.8. The van der Waals surface area contributed by atoms with E-state index in [2.05, 4.69) is 20.4 Å². The summed E-state index contributed by atoms with van der Waals surface area (Å²) in [5.41, 5.74) is 2.20. The second-order valence-electron chi connectivity index (χ2n) is 4.77. The third-order valence-electron chi connectivity index (χ3n) is 2.61. The molecule has 0 aliphatic rings. The molecule has 17 heavy (non-hydrogen) atoms. The first-order valence-electron chi connectivity index (χ1n) is 6.17. The fourth-order valence-corrected chi connectivity index (χ4v) is 1.90. The molecular formula is C16H22O. The van der Waals surface area contributed by atoms with Crippen LogP contribution in [0.5, 0.6) is 0 Å². The van der Waals surface area contributed by atoms with Crippen molar-refractivity contribution in [2.75, 3.05) is 0 Å². The van der Waals surface area contributed by atoms with Crippen LogP contribution in [-0.4, -0.2) is 5.11 Å². The van der Waals surface area contributed by atoms with Gasteiger partial charge in [-0.1, -0.05) is 61.9 Å². The number of hydrogen-bond acceptors (Lipinski definition) is 1. The van der Waals surface area contributed by atoms with E-state index in [-0.39, 0.29) is 0 Å². The van der Waals surface area contributed by atoms with Crippen LogP contribution in [0.4, 0.5) is 0 Å². The van der Waals surface area contributed by atoms with Crippen molar-refractivity contribution < 1.29 is 5.11 Å². The van der Waals surface area contributed by atoms with Crippen molar-refractivity contribution >= 4 is 0 Å². The number of rotatable bonds is 6. The molecule has 1 aromatic rings. The topological polar surface area (TPSA) is 20.2 Å². The summed E-state index contributed by atoms with van der Waals surface area (Å²) in [5.74, 6) is 0.601. The summed E-state index contributed by atoms with van der Waals surface area (Å²) >= 11 is 0. The van der Waals surface area contributed by atoms with Crippen LogP contribution in [0.25, 0.3) is 0 Å². The van der Waals surface area contributed by atoms with E-state index in [1.54, 1.807) is 0 Å². The van der Waals surface area contributed by atoms with Gasteiger partial charge >= 0.3 is 0 Å². The predicted octanol–water partition coefficient (Wildman–Crippen LogP) is 4.27. The highest BCUT2D eigenvalue weighted by molar-refractivity contribution is 5.23. The van der Waals surface area contributed by atoms with Gasteiger partial charge in [-0.05, 0) is 24.3 Å². The lowest BCUT2D eigenvalue weighted by molar-refractivity contribution is 0.227. The molecule has 1 unspecified atom stereocenters. The molecule has 1 aromatic carbocycles. The van der Waals surface area contributed by atoms with Crippen LogP contribution in [0.2, 0.25) is 0 Å². The fraction of sp³-hybridized carbons (Fsp3) is 0.375. The Morgan fingerprint density at radius 2 is 1.94 bits per heavy atom. The highest BCUT2D eigenvalue weighted by Crippen LogP contribution is 2.21. The van der Waals surface area contributed by atoms with E-state index >= 15 is 0 Å². The minimum atomic E-state index is -0.509. The third-order valence-corrected chi connectivity index (χ3v) is 2.61. The Morgan fingerprint density at radius 1 is 1.29 bits per heavy atom. The van der Waals surface area contributed by atoms with E-state index in [0.29, 0.717) is 5.92 Å². The molecule has 1 rings (SSSR count). The van der Waals surface area contributed by atoms with Gasteiger partial charge in [0.1, 0.15) is 0 Å². The zero-order chi connectivity index (χ0) is 12.7. The molecule has 0 bridgehead atoms. The number of benzene rings is 1. The summed E-state index contributed by atoms with van der Waals surface area (Å²) in [4.78, 5) is 0. The smallest absolute Gasteiger partial charge is 0.0974 e. The average molecular weight is 230 g/mol. The second-order valence-corrected chi connectivity index (χ2v) is 4.77. The zero-order valence-corrected chi connectivity index (χ0v) is 10.8. The Labute approximate surface area is 104 Å². The molecule has 1 N–H and O–H groups in total. The average Bonchev–Trinajstić information content (AvgIpc) is 2.29. The SMILES string of the molecule is C=CC/C(=C\C(O)c1ccccc1)CC(C)C. The largest absolute Gasteiger partial charge is 0.384 e. The number of allylic oxidation sites excluding steroid dienone is 2. The van der Waals surface area contributed by atoms with Gasteiger partial charge in [0, 0.05) is 0 Å². The van der Waals surface area contributed by atoms with Crippen molar-refractivity contribution in [3.63, 3.8) is 0 Å². The van der Waals surface area contributed by atoms with E-state index in [1.165, 1.54) is 5.57 Å². The lowest BCUT2D eigenvalue weighted by Gasteiger charge is -2.12. The second kappa shape index (κ2) is 7.08. The van der Waals surface area contributed by atoms with Crippen molar-refractivity contribution in [1.29, 1.82) is 0 Å². The van der Waals surface area contributed by atoms with Gasteiger partial charge in [0.05, 0.1) is 6.10 Å². The van der Waals surface area contributed by atoms with E-state index < -0.39 is 6.10 Å². The molecular weight excluding hydrogens is 208 g/mol. The molecule has 92 valence electrons. The first kappa shape index (κ1) is 13.7. The van der Waals surface area contributed by atoms with Crippen LogP contribution in [0, 0.1) is 5.92 Å². The molecule has 1 atom stereocenters. The molecule has 1 heteroatoms. The number of aliphatic hydroxyl groups is 1. The maximum Gasteiger partial charge on any atom is 0.0974 e. The highest BCUT2D eigenvalue weighted by Gasteiger charge is 2.06. The molecule has 0 saturated heterocycles. The van der Waals surface area contributed by atoms with Gasteiger partial charge in [-0.3, -0.25) is 0 Å². The lowest BCUT2D eigenvalue weighted by atomic mass is 9.97. The molecule has 0 aliphatic carbocycles. The molecule has 0 fully saturated rings. The molecule has 0 saturated carbocycles. The van der Waals surface area contributed by atoms with Crippen molar-refractivity contribution in [1.82, 2.24) is 0 Å². The summed E-state index contributed by atoms with van der Waals surface area (Å²) in [6, 6.07) is 9.74. The minimum Gasteiger partial charge on any atom is -0.384 e.